The average Bonchev–Trinajstić information content (AvgIpc) is 2.78. The maximum Gasteiger partial charge on any atom is 0.312 e. The third-order valence-corrected chi connectivity index (χ3v) is 6.02. The molecule has 0 heterocycles. The van der Waals surface area contributed by atoms with E-state index in [2.05, 4.69) is 10.6 Å². The SMILES string of the molecule is COc1ccccc1C(=O)NCC1(c2ccccc2)CCC(C=O)(NC(N)=O)CC1. The van der Waals surface area contributed by atoms with Crippen molar-refractivity contribution < 1.29 is 19.1 Å². The number of aldehydes is 1. The van der Waals surface area contributed by atoms with E-state index < -0.39 is 11.6 Å². The maximum atomic E-state index is 12.8. The van der Waals surface area contributed by atoms with E-state index in [0.717, 1.165) is 11.8 Å². The van der Waals surface area contributed by atoms with Crippen LogP contribution in [0, 0.1) is 0 Å². The van der Waals surface area contributed by atoms with Crippen molar-refractivity contribution in [1.29, 1.82) is 0 Å². The van der Waals surface area contributed by atoms with Crippen LogP contribution in [-0.4, -0.2) is 37.4 Å². The fraction of sp³-hybridized carbons (Fsp3) is 0.348. The molecule has 0 bridgehead atoms. The Kier molecular flexibility index (Phi) is 6.40. The fourth-order valence-corrected chi connectivity index (χ4v) is 4.23. The Balaban J connectivity index is 1.82. The molecule has 0 unspecified atom stereocenters. The summed E-state index contributed by atoms with van der Waals surface area (Å²) < 4.78 is 5.30. The predicted octanol–water partition coefficient (Wildman–Crippen LogP) is 2.54. The van der Waals surface area contributed by atoms with Crippen molar-refractivity contribution in [2.45, 2.75) is 36.6 Å². The minimum Gasteiger partial charge on any atom is -0.496 e. The van der Waals surface area contributed by atoms with Gasteiger partial charge < -0.3 is 25.9 Å². The molecule has 2 aromatic carbocycles. The van der Waals surface area contributed by atoms with Crippen LogP contribution in [0.2, 0.25) is 0 Å². The first-order chi connectivity index (χ1) is 14.4. The number of urea groups is 1. The van der Waals surface area contributed by atoms with Crippen molar-refractivity contribution in [3.05, 3.63) is 65.7 Å². The largest absolute Gasteiger partial charge is 0.496 e. The number of primary amides is 1. The number of nitrogens with two attached hydrogens (primary N) is 1. The van der Waals surface area contributed by atoms with Crippen molar-refractivity contribution in [2.75, 3.05) is 13.7 Å². The smallest absolute Gasteiger partial charge is 0.312 e. The van der Waals surface area contributed by atoms with Crippen LogP contribution < -0.4 is 21.1 Å². The maximum absolute atomic E-state index is 12.8. The fourth-order valence-electron chi connectivity index (χ4n) is 4.23. The van der Waals surface area contributed by atoms with Crippen LogP contribution in [0.1, 0.15) is 41.6 Å². The quantitative estimate of drug-likeness (QED) is 0.610. The second-order valence-corrected chi connectivity index (χ2v) is 7.79. The second-order valence-electron chi connectivity index (χ2n) is 7.79. The zero-order valence-electron chi connectivity index (χ0n) is 17.0. The van der Waals surface area contributed by atoms with Gasteiger partial charge in [-0.25, -0.2) is 4.79 Å². The minimum atomic E-state index is -0.962. The summed E-state index contributed by atoms with van der Waals surface area (Å²) in [5, 5.41) is 5.66. The highest BCUT2D eigenvalue weighted by Crippen LogP contribution is 2.42. The first kappa shape index (κ1) is 21.4. The van der Waals surface area contributed by atoms with Crippen molar-refractivity contribution in [2.24, 2.45) is 5.73 Å². The van der Waals surface area contributed by atoms with Gasteiger partial charge in [-0.3, -0.25) is 4.79 Å². The molecule has 0 atom stereocenters. The molecule has 3 rings (SSSR count). The Bertz CT molecular complexity index is 906. The monoisotopic (exact) mass is 409 g/mol. The number of carbonyl (C=O) groups is 3. The first-order valence-electron chi connectivity index (χ1n) is 9.94. The van der Waals surface area contributed by atoms with Crippen molar-refractivity contribution in [3.63, 3.8) is 0 Å². The van der Waals surface area contributed by atoms with Gasteiger partial charge >= 0.3 is 6.03 Å². The summed E-state index contributed by atoms with van der Waals surface area (Å²) >= 11 is 0. The minimum absolute atomic E-state index is 0.217. The number of hydrogen-bond acceptors (Lipinski definition) is 4. The Hall–Kier alpha value is -3.35. The normalized spacial score (nSPS) is 23.2. The van der Waals surface area contributed by atoms with Gasteiger partial charge in [0.1, 0.15) is 12.0 Å². The highest BCUT2D eigenvalue weighted by atomic mass is 16.5. The molecule has 3 amide bonds. The van der Waals surface area contributed by atoms with Crippen LogP contribution in [-0.2, 0) is 10.2 Å². The summed E-state index contributed by atoms with van der Waals surface area (Å²) in [5.41, 5.74) is 5.51. The Morgan fingerprint density at radius 3 is 2.27 bits per heavy atom. The third kappa shape index (κ3) is 4.45. The van der Waals surface area contributed by atoms with Gasteiger partial charge in [0, 0.05) is 12.0 Å². The van der Waals surface area contributed by atoms with Crippen LogP contribution in [0.25, 0.3) is 0 Å². The summed E-state index contributed by atoms with van der Waals surface area (Å²) in [6.07, 6.45) is 2.89. The van der Waals surface area contributed by atoms with E-state index in [4.69, 9.17) is 10.5 Å². The van der Waals surface area contributed by atoms with E-state index in [9.17, 15) is 14.4 Å². The standard InChI is InChI=1S/C23H27N3O4/c1-30-19-10-6-5-9-18(19)20(28)25-15-22(17-7-3-2-4-8-17)11-13-23(16-27,14-12-22)26-21(24)29/h2-10,16H,11-15H2,1H3,(H,25,28)(H3,24,26,29). The number of methoxy groups -OCH3 is 1. The number of nitrogens with one attached hydrogen (secondary N) is 2. The van der Waals surface area contributed by atoms with E-state index in [1.54, 1.807) is 18.2 Å². The Labute approximate surface area is 176 Å². The van der Waals surface area contributed by atoms with E-state index in [0.29, 0.717) is 43.5 Å². The number of rotatable bonds is 7. The second kappa shape index (κ2) is 8.98. The van der Waals surface area contributed by atoms with E-state index in [1.165, 1.54) is 7.11 Å². The van der Waals surface area contributed by atoms with Gasteiger partial charge in [0.05, 0.1) is 18.2 Å². The molecule has 30 heavy (non-hydrogen) atoms. The summed E-state index contributed by atoms with van der Waals surface area (Å²) in [5.74, 6) is 0.295. The lowest BCUT2D eigenvalue weighted by atomic mass is 9.64. The molecule has 4 N–H and O–H groups in total. The predicted molar refractivity (Wildman–Crippen MR) is 113 cm³/mol. The summed E-state index contributed by atoms with van der Waals surface area (Å²) in [6.45, 7) is 0.402. The molecule has 0 aromatic heterocycles. The van der Waals surface area contributed by atoms with Gasteiger partial charge in [0.15, 0.2) is 0 Å². The first-order valence-corrected chi connectivity index (χ1v) is 9.94. The molecule has 0 spiro atoms. The van der Waals surface area contributed by atoms with Crippen LogP contribution in [0.4, 0.5) is 4.79 Å². The molecule has 7 heteroatoms. The zero-order chi connectivity index (χ0) is 21.6. The lowest BCUT2D eigenvalue weighted by Crippen LogP contribution is -2.57. The molecule has 1 fully saturated rings. The molecule has 158 valence electrons. The third-order valence-electron chi connectivity index (χ3n) is 6.02. The highest BCUT2D eigenvalue weighted by Gasteiger charge is 2.44. The molecule has 1 saturated carbocycles. The molecular weight excluding hydrogens is 382 g/mol. The molecule has 1 aliphatic rings. The number of benzene rings is 2. The number of hydrogen-bond donors (Lipinski definition) is 3. The Morgan fingerprint density at radius 2 is 1.67 bits per heavy atom. The zero-order valence-corrected chi connectivity index (χ0v) is 17.0. The van der Waals surface area contributed by atoms with Gasteiger partial charge in [-0.05, 0) is 43.4 Å². The number of amides is 3. The van der Waals surface area contributed by atoms with Crippen LogP contribution in [0.15, 0.2) is 54.6 Å². The molecule has 2 aromatic rings. The van der Waals surface area contributed by atoms with Crippen molar-refractivity contribution in [1.82, 2.24) is 10.6 Å². The van der Waals surface area contributed by atoms with E-state index in [1.807, 2.05) is 36.4 Å². The molecule has 0 aliphatic heterocycles. The number of para-hydroxylation sites is 1. The summed E-state index contributed by atoms with van der Waals surface area (Å²) in [4.78, 5) is 36.0. The Morgan fingerprint density at radius 1 is 1.03 bits per heavy atom. The molecule has 0 radical (unpaired) electrons. The van der Waals surface area contributed by atoms with Crippen molar-refractivity contribution in [3.8, 4) is 5.75 Å². The van der Waals surface area contributed by atoms with Crippen molar-refractivity contribution >= 4 is 18.2 Å². The number of ether oxygens (including phenoxy) is 1. The van der Waals surface area contributed by atoms with E-state index >= 15 is 0 Å². The highest BCUT2D eigenvalue weighted by molar-refractivity contribution is 5.97. The summed E-state index contributed by atoms with van der Waals surface area (Å²) in [6, 6.07) is 16.3. The average molecular weight is 409 g/mol. The van der Waals surface area contributed by atoms with Gasteiger partial charge in [-0.2, -0.15) is 0 Å². The van der Waals surface area contributed by atoms with Crippen LogP contribution in [0.3, 0.4) is 0 Å². The van der Waals surface area contributed by atoms with Gasteiger partial charge in [-0.1, -0.05) is 42.5 Å². The lowest BCUT2D eigenvalue weighted by Gasteiger charge is -2.44. The lowest BCUT2D eigenvalue weighted by molar-refractivity contribution is -0.114. The van der Waals surface area contributed by atoms with Gasteiger partial charge in [-0.15, -0.1) is 0 Å². The molecule has 1 aliphatic carbocycles. The van der Waals surface area contributed by atoms with Gasteiger partial charge in [0.25, 0.3) is 5.91 Å². The number of carbonyl (C=O) groups excluding carboxylic acids is 3. The van der Waals surface area contributed by atoms with E-state index in [-0.39, 0.29) is 11.3 Å². The topological polar surface area (TPSA) is 111 Å². The summed E-state index contributed by atoms with van der Waals surface area (Å²) in [7, 11) is 1.53. The van der Waals surface area contributed by atoms with Gasteiger partial charge in [0.2, 0.25) is 0 Å². The molecule has 0 saturated heterocycles. The molecule has 7 nitrogen and oxygen atoms in total. The molecular formula is C23H27N3O4. The van der Waals surface area contributed by atoms with Crippen LogP contribution in [0.5, 0.6) is 5.75 Å². The van der Waals surface area contributed by atoms with Crippen LogP contribution >= 0.6 is 0 Å².